The van der Waals surface area contributed by atoms with Crippen molar-refractivity contribution in [1.29, 1.82) is 21.0 Å². The highest BCUT2D eigenvalue weighted by Gasteiger charge is 2.32. The van der Waals surface area contributed by atoms with Gasteiger partial charge >= 0.3 is 12.2 Å². The van der Waals surface area contributed by atoms with Crippen molar-refractivity contribution < 1.29 is 28.5 Å². The molecule has 10 rings (SSSR count). The van der Waals surface area contributed by atoms with Gasteiger partial charge in [-0.25, -0.2) is 28.7 Å². The number of benzene rings is 2. The van der Waals surface area contributed by atoms with Crippen LogP contribution in [-0.2, 0) is 22.7 Å². The summed E-state index contributed by atoms with van der Waals surface area (Å²) in [6.45, 7) is 4.91. The molecular weight excluding hydrogens is 1000 g/mol. The molecule has 0 fully saturated rings. The second-order valence-corrected chi connectivity index (χ2v) is 21.4. The fourth-order valence-electron chi connectivity index (χ4n) is 7.64. The van der Waals surface area contributed by atoms with Crippen LogP contribution in [-0.4, -0.2) is 46.0 Å². The molecule has 14 nitrogen and oxygen atoms in total. The Morgan fingerprint density at radius 2 is 0.914 bits per heavy atom. The van der Waals surface area contributed by atoms with Gasteiger partial charge in [-0.2, -0.15) is 21.0 Å². The Labute approximate surface area is 422 Å². The lowest BCUT2D eigenvalue weighted by molar-refractivity contribution is 0.142. The summed E-state index contributed by atoms with van der Waals surface area (Å²) < 4.78 is 32.6. The highest BCUT2D eigenvalue weighted by molar-refractivity contribution is 7.41. The van der Waals surface area contributed by atoms with Crippen molar-refractivity contribution in [2.45, 2.75) is 39.9 Å². The summed E-state index contributed by atoms with van der Waals surface area (Å²) in [7, 11) is 0. The topological polar surface area (TPSA) is 201 Å². The molecule has 10 aromatic rings. The van der Waals surface area contributed by atoms with Crippen molar-refractivity contribution in [3.05, 3.63) is 96.1 Å². The standard InChI is InChI=1S/C50H32N8O6S6/c1-3-15-61-33-19-37(55-29(21-51)22-52)67-43(33)35-17-31-41(65-35)45-39(57(31)49(59)63-25-27-11-7-5-8-12-27)47-48(69-45)40-46(70-47)42-32(58(40)50(60)64-26-28-13-9-6-10-14-28)18-36(66-42)44-34(62-16-4-2)20-38(68-44)56-30(23-53)24-54/h5-14,17-20H,3-4,15-16,25-26H2,1-2H3. The van der Waals surface area contributed by atoms with Gasteiger partial charge in [0.15, 0.2) is 0 Å². The predicted molar refractivity (Wildman–Crippen MR) is 280 cm³/mol. The third-order valence-corrected chi connectivity index (χ3v) is 18.1. The SMILES string of the molecule is CCCOc1cc(N=C(C#N)C#N)sc1-c1cc2c(s1)c1sc3c(sc4c5sc(-c6sc(N=C(C#N)C#N)cc6OCCC)cc5n(C(=O)OCc5ccccc5)c43)c1n2C(=O)OCc1ccccc1. The summed E-state index contributed by atoms with van der Waals surface area (Å²) in [4.78, 5) is 40.9. The Hall–Kier alpha value is -7.66. The van der Waals surface area contributed by atoms with Gasteiger partial charge in [0.25, 0.3) is 0 Å². The lowest BCUT2D eigenvalue weighted by Gasteiger charge is -2.08. The molecule has 0 amide bonds. The monoisotopic (exact) mass is 1030 g/mol. The second-order valence-electron chi connectivity index (χ2n) is 15.2. The van der Waals surface area contributed by atoms with Gasteiger partial charge in [-0.05, 0) is 36.1 Å². The first kappa shape index (κ1) is 46.1. The van der Waals surface area contributed by atoms with Crippen LogP contribution in [0.15, 0.2) is 94.9 Å². The summed E-state index contributed by atoms with van der Waals surface area (Å²) in [6, 6.07) is 33.5. The highest BCUT2D eigenvalue weighted by atomic mass is 32.1. The Bertz CT molecular complexity index is 3640. The zero-order chi connectivity index (χ0) is 48.5. The molecule has 8 heterocycles. The normalized spacial score (nSPS) is 11.1. The number of hydrogen-bond donors (Lipinski definition) is 0. The van der Waals surface area contributed by atoms with Crippen molar-refractivity contribution in [3.63, 3.8) is 0 Å². The fourth-order valence-corrected chi connectivity index (χ4v) is 15.2. The summed E-state index contributed by atoms with van der Waals surface area (Å²) in [6.07, 6.45) is 0.317. The number of carbonyl (C=O) groups excluding carboxylic acids is 2. The molecule has 344 valence electrons. The lowest BCUT2D eigenvalue weighted by atomic mass is 10.2. The second kappa shape index (κ2) is 19.7. The maximum absolute atomic E-state index is 14.7. The molecule has 0 atom stereocenters. The molecule has 20 heteroatoms. The van der Waals surface area contributed by atoms with Crippen molar-refractivity contribution in [1.82, 2.24) is 9.13 Å². The van der Waals surface area contributed by atoms with E-state index in [2.05, 4.69) is 9.98 Å². The number of nitriles is 4. The number of aromatic nitrogens is 2. The zero-order valence-corrected chi connectivity index (χ0v) is 41.7. The third kappa shape index (κ3) is 8.47. The van der Waals surface area contributed by atoms with Gasteiger partial charge in [-0.15, -0.1) is 68.0 Å². The molecule has 8 aromatic heterocycles. The van der Waals surface area contributed by atoms with E-state index in [9.17, 15) is 30.6 Å². The van der Waals surface area contributed by atoms with Crippen LogP contribution < -0.4 is 9.47 Å². The van der Waals surface area contributed by atoms with E-state index in [1.165, 1.54) is 68.0 Å². The van der Waals surface area contributed by atoms with Gasteiger partial charge < -0.3 is 18.9 Å². The van der Waals surface area contributed by atoms with E-state index in [0.717, 1.165) is 71.7 Å². The first-order valence-corrected chi connectivity index (χ1v) is 26.4. The zero-order valence-electron chi connectivity index (χ0n) is 36.8. The Kier molecular flexibility index (Phi) is 13.0. The number of thiophene rings is 6. The van der Waals surface area contributed by atoms with Crippen molar-refractivity contribution in [2.75, 3.05) is 13.2 Å². The molecule has 0 radical (unpaired) electrons. The smallest absolute Gasteiger partial charge is 0.419 e. The minimum Gasteiger partial charge on any atom is -0.492 e. The number of fused-ring (bicyclic) bond motifs is 9. The molecule has 0 bridgehead atoms. The average Bonchev–Trinajstić information content (AvgIpc) is 4.27. The predicted octanol–water partition coefficient (Wildman–Crippen LogP) is 14.9. The maximum atomic E-state index is 14.7. The van der Waals surface area contributed by atoms with Crippen LogP contribution in [0, 0.1) is 45.3 Å². The lowest BCUT2D eigenvalue weighted by Crippen LogP contribution is -2.13. The van der Waals surface area contributed by atoms with Gasteiger partial charge in [-0.3, -0.25) is 0 Å². The van der Waals surface area contributed by atoms with Crippen molar-refractivity contribution in [3.8, 4) is 55.3 Å². The van der Waals surface area contributed by atoms with Crippen molar-refractivity contribution >= 4 is 152 Å². The Balaban J connectivity index is 1.19. The molecule has 0 aliphatic carbocycles. The van der Waals surface area contributed by atoms with Gasteiger partial charge in [0.05, 0.1) is 83.0 Å². The van der Waals surface area contributed by atoms with E-state index in [-0.39, 0.29) is 24.6 Å². The van der Waals surface area contributed by atoms with E-state index in [4.69, 9.17) is 18.9 Å². The molecule has 0 aliphatic heterocycles. The molecule has 0 aliphatic rings. The van der Waals surface area contributed by atoms with Gasteiger partial charge in [0, 0.05) is 12.1 Å². The van der Waals surface area contributed by atoms with Crippen LogP contribution >= 0.6 is 68.0 Å². The fraction of sp³-hybridized carbons (Fsp3) is 0.160. The number of ether oxygens (including phenoxy) is 4. The Morgan fingerprint density at radius 1 is 0.529 bits per heavy atom. The molecule has 0 spiro atoms. The van der Waals surface area contributed by atoms with E-state index < -0.39 is 12.2 Å². The molecule has 70 heavy (non-hydrogen) atoms. The summed E-state index contributed by atoms with van der Waals surface area (Å²) in [5, 5.41) is 38.7. The van der Waals surface area contributed by atoms with Crippen molar-refractivity contribution in [2.24, 2.45) is 9.98 Å². The Morgan fingerprint density at radius 3 is 1.29 bits per heavy atom. The minimum absolute atomic E-state index is 0.0316. The van der Waals surface area contributed by atoms with E-state index >= 15 is 0 Å². The first-order valence-electron chi connectivity index (χ1n) is 21.5. The summed E-state index contributed by atoms with van der Waals surface area (Å²) in [5.74, 6) is 1.09. The van der Waals surface area contributed by atoms with Gasteiger partial charge in [0.2, 0.25) is 11.4 Å². The largest absolute Gasteiger partial charge is 0.492 e. The number of nitrogens with zero attached hydrogens (tertiary/aromatic N) is 8. The number of carbonyl (C=O) groups is 2. The van der Waals surface area contributed by atoms with Crippen LogP contribution in [0.1, 0.15) is 37.8 Å². The van der Waals surface area contributed by atoms with Crippen LogP contribution in [0.3, 0.4) is 0 Å². The molecule has 0 N–H and O–H groups in total. The van der Waals surface area contributed by atoms with Gasteiger partial charge in [0.1, 0.15) is 59.0 Å². The van der Waals surface area contributed by atoms with Crippen LogP contribution in [0.25, 0.3) is 69.8 Å². The maximum Gasteiger partial charge on any atom is 0.419 e. The minimum atomic E-state index is -0.585. The quantitative estimate of drug-likeness (QED) is 0.0943. The molecule has 0 saturated heterocycles. The highest BCUT2D eigenvalue weighted by Crippen LogP contribution is 2.56. The first-order chi connectivity index (χ1) is 34.2. The summed E-state index contributed by atoms with van der Waals surface area (Å²) >= 11 is 8.46. The molecule has 0 saturated carbocycles. The van der Waals surface area contributed by atoms with Crippen LogP contribution in [0.5, 0.6) is 11.5 Å². The average molecular weight is 1030 g/mol. The summed E-state index contributed by atoms with van der Waals surface area (Å²) in [5.41, 5.74) is 3.62. The molecule has 2 aromatic carbocycles. The van der Waals surface area contributed by atoms with Crippen LogP contribution in [0.4, 0.5) is 19.6 Å². The van der Waals surface area contributed by atoms with E-state index in [1.807, 2.05) is 111 Å². The van der Waals surface area contributed by atoms with Gasteiger partial charge in [-0.1, -0.05) is 74.5 Å². The van der Waals surface area contributed by atoms with E-state index in [1.54, 1.807) is 21.3 Å². The molecule has 0 unspecified atom stereocenters. The number of hydrogen-bond acceptors (Lipinski definition) is 18. The van der Waals surface area contributed by atoms with E-state index in [0.29, 0.717) is 56.8 Å². The third-order valence-electron chi connectivity index (χ3n) is 10.6. The van der Waals surface area contributed by atoms with Crippen LogP contribution in [0.2, 0.25) is 0 Å². The number of aliphatic imine (C=N–C) groups is 2. The molecular formula is C50H32N8O6S6. The number of rotatable bonds is 14.